The van der Waals surface area contributed by atoms with Crippen LogP contribution in [0.15, 0.2) is 60.7 Å². The van der Waals surface area contributed by atoms with Crippen molar-refractivity contribution in [3.05, 3.63) is 82.9 Å². The van der Waals surface area contributed by atoms with Crippen molar-refractivity contribution in [1.82, 2.24) is 0 Å². The zero-order valence-corrected chi connectivity index (χ0v) is 22.5. The Kier molecular flexibility index (Phi) is 14.4. The topological polar surface area (TPSA) is 0 Å². The molecule has 0 aromatic heterocycles. The number of hydrogen-bond donors (Lipinski definition) is 0. The van der Waals surface area contributed by atoms with E-state index in [1.165, 1.54) is 93.7 Å². The standard InChI is InChI=1S/2C13H15.CH2.2ClH.Zr/c2*1-3-5-11-6-4-7-12-8-10(2)9-13(11)12;;;;/h2*4,6-9H,3,5H2,1-2H3;1H2;2*1H;/q2*-1;;;;+2/p-2. The molecule has 0 aliphatic carbocycles. The summed E-state index contributed by atoms with van der Waals surface area (Å²) in [6.45, 7) is 8.79. The van der Waals surface area contributed by atoms with Gasteiger partial charge in [0.15, 0.2) is 0 Å². The molecule has 4 aromatic rings. The van der Waals surface area contributed by atoms with Crippen molar-refractivity contribution >= 4 is 25.8 Å². The Morgan fingerprint density at radius 1 is 0.700 bits per heavy atom. The molecule has 0 N–H and O–H groups in total. The maximum absolute atomic E-state index is 3.34. The number of hydrogen-bond acceptors (Lipinski definition) is 0. The zero-order valence-electron chi connectivity index (χ0n) is 18.6. The SMILES string of the molecule is CCCc1cccc2[cH-]c(C)cc12.CCCc1cccc2[cH-]c(C)cc12.[CH2]=[Zr+2].[Cl-].[Cl-]. The van der Waals surface area contributed by atoms with E-state index >= 15 is 0 Å². The smallest absolute Gasteiger partial charge is 1.00 e. The van der Waals surface area contributed by atoms with Crippen LogP contribution in [0.4, 0.5) is 0 Å². The minimum Gasteiger partial charge on any atom is -1.00 e. The van der Waals surface area contributed by atoms with E-state index in [2.05, 4.69) is 92.6 Å². The van der Waals surface area contributed by atoms with Crippen LogP contribution in [0.2, 0.25) is 0 Å². The van der Waals surface area contributed by atoms with Crippen LogP contribution in [0.25, 0.3) is 21.5 Å². The molecule has 0 amide bonds. The third kappa shape index (κ3) is 7.60. The quantitative estimate of drug-likeness (QED) is 0.360. The first-order valence-electron chi connectivity index (χ1n) is 10.3. The second-order valence-corrected chi connectivity index (χ2v) is 7.41. The number of benzene rings is 2. The maximum Gasteiger partial charge on any atom is -1.00 e. The van der Waals surface area contributed by atoms with E-state index in [4.69, 9.17) is 0 Å². The van der Waals surface area contributed by atoms with Gasteiger partial charge in [0.2, 0.25) is 0 Å². The molecule has 160 valence electrons. The van der Waals surface area contributed by atoms with Crippen LogP contribution in [0.3, 0.4) is 0 Å². The molecule has 4 aromatic carbocycles. The summed E-state index contributed by atoms with van der Waals surface area (Å²) in [5.74, 6) is 0. The van der Waals surface area contributed by atoms with Gasteiger partial charge in [-0.2, -0.15) is 12.1 Å². The molecule has 0 heterocycles. The summed E-state index contributed by atoms with van der Waals surface area (Å²) >= 11 is 1.30. The minimum absolute atomic E-state index is 0. The van der Waals surface area contributed by atoms with Crippen LogP contribution in [-0.4, -0.2) is 4.21 Å². The average molecular weight is 519 g/mol. The molecule has 3 heteroatoms. The third-order valence-corrected chi connectivity index (χ3v) is 5.01. The summed E-state index contributed by atoms with van der Waals surface area (Å²) in [5, 5.41) is 5.68. The molecule has 0 aliphatic heterocycles. The van der Waals surface area contributed by atoms with Gasteiger partial charge in [-0.3, -0.25) is 0 Å². The van der Waals surface area contributed by atoms with Crippen molar-refractivity contribution in [1.29, 1.82) is 0 Å². The van der Waals surface area contributed by atoms with E-state index in [-0.39, 0.29) is 24.8 Å². The Labute approximate surface area is 209 Å². The second-order valence-electron chi connectivity index (χ2n) is 7.41. The largest absolute Gasteiger partial charge is 1.00 e. The van der Waals surface area contributed by atoms with Gasteiger partial charge in [0.05, 0.1) is 0 Å². The van der Waals surface area contributed by atoms with Gasteiger partial charge in [0.1, 0.15) is 0 Å². The van der Waals surface area contributed by atoms with Crippen molar-refractivity contribution in [3.63, 3.8) is 0 Å². The van der Waals surface area contributed by atoms with E-state index in [1.54, 1.807) is 0 Å². The summed E-state index contributed by atoms with van der Waals surface area (Å²) in [6.07, 6.45) is 4.84. The van der Waals surface area contributed by atoms with Crippen LogP contribution < -0.4 is 24.8 Å². The first-order valence-corrected chi connectivity index (χ1v) is 12.0. The van der Waals surface area contributed by atoms with Gasteiger partial charge in [-0.05, 0) is 12.8 Å². The van der Waals surface area contributed by atoms with E-state index in [9.17, 15) is 0 Å². The molecular weight excluding hydrogens is 486 g/mol. The molecule has 30 heavy (non-hydrogen) atoms. The molecule has 0 radical (unpaired) electrons. The number of fused-ring (bicyclic) bond motifs is 2. The minimum atomic E-state index is 0. The molecule has 0 fully saturated rings. The molecule has 0 nitrogen and oxygen atoms in total. The van der Waals surface area contributed by atoms with Crippen molar-refractivity contribution in [2.45, 2.75) is 53.4 Å². The van der Waals surface area contributed by atoms with Crippen molar-refractivity contribution in [2.75, 3.05) is 0 Å². The molecule has 0 bridgehead atoms. The molecule has 0 saturated heterocycles. The summed E-state index contributed by atoms with van der Waals surface area (Å²) in [4.78, 5) is 0. The van der Waals surface area contributed by atoms with Gasteiger partial charge in [-0.15, -0.1) is 69.1 Å². The van der Waals surface area contributed by atoms with E-state index in [0.717, 1.165) is 0 Å². The predicted molar refractivity (Wildman–Crippen MR) is 124 cm³/mol. The third-order valence-electron chi connectivity index (χ3n) is 5.01. The number of halogens is 2. The summed E-state index contributed by atoms with van der Waals surface area (Å²) < 4.78 is 3.34. The van der Waals surface area contributed by atoms with Crippen molar-refractivity contribution < 1.29 is 49.0 Å². The van der Waals surface area contributed by atoms with Gasteiger partial charge >= 0.3 is 28.4 Å². The van der Waals surface area contributed by atoms with E-state index in [1.807, 2.05) is 0 Å². The molecule has 0 saturated carbocycles. The Bertz CT molecular complexity index is 928. The van der Waals surface area contributed by atoms with Gasteiger partial charge in [-0.25, -0.2) is 0 Å². The fourth-order valence-electron chi connectivity index (χ4n) is 3.87. The molecule has 0 aliphatic rings. The van der Waals surface area contributed by atoms with E-state index < -0.39 is 0 Å². The monoisotopic (exact) mass is 516 g/mol. The number of rotatable bonds is 4. The number of aryl methyl sites for hydroxylation is 4. The Morgan fingerprint density at radius 2 is 1.07 bits per heavy atom. The normalized spacial score (nSPS) is 9.67. The summed E-state index contributed by atoms with van der Waals surface area (Å²) in [7, 11) is 0. The fourth-order valence-corrected chi connectivity index (χ4v) is 3.87. The first-order chi connectivity index (χ1) is 13.6. The van der Waals surface area contributed by atoms with Crippen molar-refractivity contribution in [3.8, 4) is 0 Å². The van der Waals surface area contributed by atoms with Crippen LogP contribution in [-0.2, 0) is 37.1 Å². The molecule has 0 unspecified atom stereocenters. The average Bonchev–Trinajstić information content (AvgIpc) is 3.27. The van der Waals surface area contributed by atoms with Crippen LogP contribution in [0.1, 0.15) is 48.9 Å². The Morgan fingerprint density at radius 3 is 1.40 bits per heavy atom. The van der Waals surface area contributed by atoms with E-state index in [0.29, 0.717) is 0 Å². The second kappa shape index (κ2) is 14.9. The molecular formula is C27H32Cl2Zr-2. The van der Waals surface area contributed by atoms with Gasteiger partial charge < -0.3 is 24.8 Å². The summed E-state index contributed by atoms with van der Waals surface area (Å²) in [6, 6.07) is 22.3. The maximum atomic E-state index is 3.34. The van der Waals surface area contributed by atoms with Gasteiger partial charge in [0, 0.05) is 0 Å². The van der Waals surface area contributed by atoms with Crippen LogP contribution in [0.5, 0.6) is 0 Å². The van der Waals surface area contributed by atoms with Crippen molar-refractivity contribution in [2.24, 2.45) is 0 Å². The molecule has 0 spiro atoms. The van der Waals surface area contributed by atoms with Gasteiger partial charge in [-0.1, -0.05) is 63.8 Å². The van der Waals surface area contributed by atoms with Crippen LogP contribution >= 0.6 is 0 Å². The zero-order chi connectivity index (χ0) is 20.5. The Hall–Kier alpha value is -1.01. The van der Waals surface area contributed by atoms with Crippen LogP contribution in [0, 0.1) is 13.8 Å². The van der Waals surface area contributed by atoms with Gasteiger partial charge in [0.25, 0.3) is 0 Å². The predicted octanol–water partition coefficient (Wildman–Crippen LogP) is 1.61. The fraction of sp³-hybridized carbons (Fsp3) is 0.296. The molecule has 4 rings (SSSR count). The first kappa shape index (κ1) is 29.0. The summed E-state index contributed by atoms with van der Waals surface area (Å²) in [5.41, 5.74) is 5.73. The Balaban J connectivity index is 0.000000488. The molecule has 0 atom stereocenters.